The number of hydrogen-bond acceptors (Lipinski definition) is 10. The maximum atomic E-state index is 8.71. The van der Waals surface area contributed by atoms with Crippen LogP contribution in [-0.4, -0.2) is 48.2 Å². The lowest BCUT2D eigenvalue weighted by atomic mass is 9.78. The Morgan fingerprint density at radius 2 is 0.570 bits per heavy atom. The first-order valence-corrected chi connectivity index (χ1v) is 40.2. The maximum absolute atomic E-state index is 8.71. The summed E-state index contributed by atoms with van der Waals surface area (Å²) in [6.45, 7) is -3.11. The lowest BCUT2D eigenvalue weighted by Gasteiger charge is -2.32. The fourth-order valence-electron chi connectivity index (χ4n) is 15.7. The smallest absolute Gasteiger partial charge is 0.399 e. The number of fused-ring (bicyclic) bond motifs is 12. The van der Waals surface area contributed by atoms with Gasteiger partial charge in [-0.15, -0.1) is 22.7 Å². The van der Waals surface area contributed by atoms with Crippen LogP contribution in [0.2, 0.25) is 0 Å². The van der Waals surface area contributed by atoms with Crippen molar-refractivity contribution in [2.75, 3.05) is 0 Å². The molecule has 1 aliphatic heterocycles. The average Bonchev–Trinajstić information content (AvgIpc) is 1.55. The number of rotatable bonds is 10. The van der Waals surface area contributed by atoms with Crippen molar-refractivity contribution in [3.05, 3.63) is 354 Å². The van der Waals surface area contributed by atoms with Crippen LogP contribution in [0.1, 0.15) is 93.8 Å². The average molecular weight is 1590 g/mol. The van der Waals surface area contributed by atoms with Gasteiger partial charge in [0.2, 0.25) is 0 Å². The Morgan fingerprint density at radius 1 is 0.272 bits per heavy atom. The zero-order chi connectivity index (χ0) is 87.6. The van der Waals surface area contributed by atoms with Crippen molar-refractivity contribution in [1.82, 2.24) is 29.9 Å². The van der Waals surface area contributed by atoms with Gasteiger partial charge in [0.25, 0.3) is 0 Å². The molecule has 2 aliphatic carbocycles. The van der Waals surface area contributed by atoms with Gasteiger partial charge in [0, 0.05) is 106 Å². The standard InChI is InChI=1S/C48H33N3S.C33H31BO2S.C21H14BrN3/c1-48(2)41-25-10-9-20-37(41)38-27-26-33(29-42(38)48)36-22-13-24-40-39-23-12-21-35(43(39)52-44(36)40)32-18-11-19-34(28-32)47-50-45(30-14-5-3-6-15-30)49-46(51-47)31-16-7-4-8-17-31;1-31(2)26-15-8-7-11-22(26)23-18-17-20(19-27(23)31)21-12-9-13-24-25-14-10-16-28(30(25)37-29(21)24)34-35-32(3,4)33(5,6)36-34;22-18-13-7-12-17(14-18)21-24-19(15-8-3-1-4-9-15)23-20(25-21)16-10-5-2-6-11-16/h3-29H,1-2H3;7-19H,1-6H3;1-14H/i2*1D3,2D3;. The second kappa shape index (κ2) is 28.9. The van der Waals surface area contributed by atoms with Crippen LogP contribution in [0.3, 0.4) is 0 Å². The number of benzene rings is 14. The molecule has 0 amide bonds. The highest BCUT2D eigenvalue weighted by molar-refractivity contribution is 9.10. The van der Waals surface area contributed by atoms with Gasteiger partial charge in [0.15, 0.2) is 34.9 Å². The van der Waals surface area contributed by atoms with Crippen LogP contribution in [-0.2, 0) is 20.1 Å². The van der Waals surface area contributed by atoms with Crippen LogP contribution in [0, 0.1) is 0 Å². The van der Waals surface area contributed by atoms with E-state index in [9.17, 15) is 0 Å². The molecule has 8 nitrogen and oxygen atoms in total. The quantitative estimate of drug-likeness (QED) is 0.125. The fourth-order valence-corrected chi connectivity index (χ4v) is 18.9. The monoisotopic (exact) mass is 1580 g/mol. The van der Waals surface area contributed by atoms with Crippen molar-refractivity contribution in [2.24, 2.45) is 0 Å². The summed E-state index contributed by atoms with van der Waals surface area (Å²) in [5.74, 6) is 3.77. The van der Waals surface area contributed by atoms with E-state index in [1.807, 2.05) is 270 Å². The molecule has 4 aromatic heterocycles. The van der Waals surface area contributed by atoms with E-state index in [2.05, 4.69) is 69.4 Å². The Kier molecular flexibility index (Phi) is 15.1. The molecule has 12 heteroatoms. The third-order valence-electron chi connectivity index (χ3n) is 22.2. The van der Waals surface area contributed by atoms with Crippen molar-refractivity contribution in [3.63, 3.8) is 0 Å². The lowest BCUT2D eigenvalue weighted by Crippen LogP contribution is -2.41. The molecule has 21 rings (SSSR count). The van der Waals surface area contributed by atoms with E-state index in [1.54, 1.807) is 59.1 Å². The molecule has 550 valence electrons. The molecule has 0 N–H and O–H groups in total. The Labute approximate surface area is 698 Å². The van der Waals surface area contributed by atoms with E-state index < -0.39 is 56.6 Å². The van der Waals surface area contributed by atoms with Crippen molar-refractivity contribution in [1.29, 1.82) is 0 Å². The first-order valence-electron chi connectivity index (χ1n) is 43.7. The van der Waals surface area contributed by atoms with Crippen molar-refractivity contribution < 1.29 is 25.8 Å². The molecule has 0 radical (unpaired) electrons. The van der Waals surface area contributed by atoms with Gasteiger partial charge in [-0.05, 0) is 141 Å². The molecule has 114 heavy (non-hydrogen) atoms. The zero-order valence-corrected chi connectivity index (χ0v) is 65.7. The predicted molar refractivity (Wildman–Crippen MR) is 479 cm³/mol. The molecule has 0 bridgehead atoms. The summed E-state index contributed by atoms with van der Waals surface area (Å²) in [4.78, 5) is 28.9. The maximum Gasteiger partial charge on any atom is 0.496 e. The van der Waals surface area contributed by atoms with E-state index in [-0.39, 0.29) is 0 Å². The minimum Gasteiger partial charge on any atom is -0.399 e. The fraction of sp³-hybridized carbons (Fsp3) is 0.118. The van der Waals surface area contributed by atoms with Crippen LogP contribution in [0.5, 0.6) is 0 Å². The number of halogens is 1. The van der Waals surface area contributed by atoms with Crippen molar-refractivity contribution in [3.8, 4) is 124 Å². The van der Waals surface area contributed by atoms with Crippen LogP contribution in [0.4, 0.5) is 0 Å². The van der Waals surface area contributed by atoms with E-state index in [1.165, 1.54) is 0 Å². The molecular weight excluding hydrogens is 1500 g/mol. The zero-order valence-electron chi connectivity index (χ0n) is 74.4. The topological polar surface area (TPSA) is 95.8 Å². The van der Waals surface area contributed by atoms with Crippen LogP contribution < -0.4 is 5.46 Å². The number of aromatic nitrogens is 6. The van der Waals surface area contributed by atoms with Gasteiger partial charge in [0.1, 0.15) is 0 Å². The molecule has 0 saturated carbocycles. The third-order valence-corrected chi connectivity index (χ3v) is 25.3. The van der Waals surface area contributed by atoms with Gasteiger partial charge in [-0.3, -0.25) is 0 Å². The van der Waals surface area contributed by atoms with Crippen molar-refractivity contribution in [2.45, 2.75) is 77.1 Å². The first-order chi connectivity index (χ1) is 60.4. The Balaban J connectivity index is 0.000000133. The number of thiophene rings is 2. The minimum atomic E-state index is -2.83. The number of nitrogens with zero attached hydrogens (tertiary/aromatic N) is 6. The predicted octanol–water partition coefficient (Wildman–Crippen LogP) is 26.8. The molecule has 0 unspecified atom stereocenters. The van der Waals surface area contributed by atoms with Crippen LogP contribution >= 0.6 is 38.6 Å². The number of hydrogen-bond donors (Lipinski definition) is 0. The molecule has 18 aromatic rings. The van der Waals surface area contributed by atoms with E-state index in [0.29, 0.717) is 79.5 Å². The molecule has 0 atom stereocenters. The second-order valence-electron chi connectivity index (χ2n) is 29.8. The van der Waals surface area contributed by atoms with Gasteiger partial charge in [-0.2, -0.15) is 0 Å². The summed E-state index contributed by atoms with van der Waals surface area (Å²) in [7, 11) is -0.511. The SMILES string of the molecule is Brc1cccc(-c2nc(-c3ccccc3)nc(-c3ccccc3)n2)c1.[2H]C([2H])([2H])C1(C([2H])([2H])[2H])c2ccccc2-c2ccc(-c3cccc4c3sc3c(-c5cccc(-c6nc(-c7ccccc7)nc(-c7ccccc7)n6)c5)cccc34)cc21.[2H]C([2H])([2H])C1(C([2H])([2H])[2H])c2ccccc2-c2ccc(-c3cccc4c3sc3c(B5OC(C)(C)C(C)(C)O5)cccc34)cc21. The summed E-state index contributed by atoms with van der Waals surface area (Å²) >= 11 is 6.84. The highest BCUT2D eigenvalue weighted by Crippen LogP contribution is 2.53. The molecule has 3 aliphatic rings. The second-order valence-corrected chi connectivity index (χ2v) is 32.8. The van der Waals surface area contributed by atoms with E-state index in [4.69, 9.17) is 50.7 Å². The highest BCUT2D eigenvalue weighted by atomic mass is 79.9. The van der Waals surface area contributed by atoms with Gasteiger partial charge in [-0.25, -0.2) is 29.9 Å². The first kappa shape index (κ1) is 59.7. The van der Waals surface area contributed by atoms with Gasteiger partial charge >= 0.3 is 7.12 Å². The summed E-state index contributed by atoms with van der Waals surface area (Å²) in [5.41, 5.74) is 10.6. The molecular formula is C102H78BBrN6O2S2. The summed E-state index contributed by atoms with van der Waals surface area (Å²) < 4.78 is 122. The normalized spacial score (nSPS) is 16.4. The summed E-state index contributed by atoms with van der Waals surface area (Å²) in [5, 5.41) is 4.31. The van der Waals surface area contributed by atoms with Crippen molar-refractivity contribution >= 4 is 91.5 Å². The van der Waals surface area contributed by atoms with E-state index >= 15 is 0 Å². The Hall–Kier alpha value is -12.0. The molecule has 1 fully saturated rings. The summed E-state index contributed by atoms with van der Waals surface area (Å²) in [6, 6.07) is 106. The van der Waals surface area contributed by atoms with Gasteiger partial charge in [0.05, 0.1) is 11.2 Å². The lowest BCUT2D eigenvalue weighted by molar-refractivity contribution is 0.00578. The van der Waals surface area contributed by atoms with Crippen LogP contribution in [0.25, 0.3) is 164 Å². The molecule has 1 saturated heterocycles. The summed E-state index contributed by atoms with van der Waals surface area (Å²) in [6.07, 6.45) is 0. The Morgan fingerprint density at radius 3 is 0.974 bits per heavy atom. The van der Waals surface area contributed by atoms with Gasteiger partial charge < -0.3 is 9.31 Å². The highest BCUT2D eigenvalue weighted by Gasteiger charge is 2.52. The minimum absolute atomic E-state index is 0.311. The largest absolute Gasteiger partial charge is 0.496 e. The molecule has 14 aromatic carbocycles. The molecule has 0 spiro atoms. The van der Waals surface area contributed by atoms with Crippen LogP contribution in [0.15, 0.2) is 332 Å². The molecule has 5 heterocycles. The van der Waals surface area contributed by atoms with E-state index in [0.717, 1.165) is 117 Å². The third kappa shape index (κ3) is 13.0. The Bertz CT molecular complexity index is 7130. The van der Waals surface area contributed by atoms with Gasteiger partial charge in [-0.1, -0.05) is 341 Å².